The van der Waals surface area contributed by atoms with Crippen LogP contribution in [0.4, 0.5) is 0 Å². The first-order valence-corrected chi connectivity index (χ1v) is 11.0. The second-order valence-corrected chi connectivity index (χ2v) is 7.87. The average Bonchev–Trinajstić information content (AvgIpc) is 2.87. The van der Waals surface area contributed by atoms with Crippen LogP contribution < -0.4 is 19.5 Å². The van der Waals surface area contributed by atoms with Crippen LogP contribution in [-0.2, 0) is 16.1 Å². The Morgan fingerprint density at radius 3 is 2.12 bits per heavy atom. The molecule has 2 amide bonds. The Labute approximate surface area is 194 Å². The summed E-state index contributed by atoms with van der Waals surface area (Å²) in [4.78, 5) is 27.3. The van der Waals surface area contributed by atoms with E-state index in [-0.39, 0.29) is 17.7 Å². The van der Waals surface area contributed by atoms with E-state index >= 15 is 0 Å². The van der Waals surface area contributed by atoms with Crippen LogP contribution >= 0.6 is 0 Å². The number of rotatable bonds is 10. The van der Waals surface area contributed by atoms with Crippen molar-refractivity contribution in [3.8, 4) is 17.2 Å². The van der Waals surface area contributed by atoms with Gasteiger partial charge in [0, 0.05) is 44.3 Å². The second-order valence-electron chi connectivity index (χ2n) is 7.87. The Bertz CT molecular complexity index is 901. The van der Waals surface area contributed by atoms with Crippen LogP contribution in [0, 0.1) is 5.92 Å². The van der Waals surface area contributed by atoms with E-state index in [1.54, 1.807) is 44.4 Å². The van der Waals surface area contributed by atoms with Crippen molar-refractivity contribution in [2.24, 2.45) is 5.92 Å². The summed E-state index contributed by atoms with van der Waals surface area (Å²) in [5, 5.41) is 3.01. The van der Waals surface area contributed by atoms with E-state index in [2.05, 4.69) is 5.32 Å². The van der Waals surface area contributed by atoms with Gasteiger partial charge in [-0.05, 0) is 42.7 Å². The van der Waals surface area contributed by atoms with Crippen molar-refractivity contribution in [2.45, 2.75) is 19.4 Å². The number of piperidine rings is 1. The van der Waals surface area contributed by atoms with E-state index in [0.717, 1.165) is 11.3 Å². The molecule has 0 unspecified atom stereocenters. The van der Waals surface area contributed by atoms with Gasteiger partial charge in [0.1, 0.15) is 23.9 Å². The fourth-order valence-electron chi connectivity index (χ4n) is 3.74. The minimum Gasteiger partial charge on any atom is -0.497 e. The summed E-state index contributed by atoms with van der Waals surface area (Å²) < 4.78 is 21.0. The number of carbonyl (C=O) groups excluding carboxylic acids is 2. The molecular weight excluding hydrogens is 424 g/mol. The van der Waals surface area contributed by atoms with E-state index in [1.807, 2.05) is 24.3 Å². The van der Waals surface area contributed by atoms with Crippen LogP contribution in [0.15, 0.2) is 42.5 Å². The van der Waals surface area contributed by atoms with Crippen LogP contribution in [-0.4, -0.2) is 64.3 Å². The highest BCUT2D eigenvalue weighted by molar-refractivity contribution is 5.95. The quantitative estimate of drug-likeness (QED) is 0.554. The van der Waals surface area contributed by atoms with Gasteiger partial charge in [0.05, 0.1) is 20.8 Å². The molecule has 1 heterocycles. The lowest BCUT2D eigenvalue weighted by molar-refractivity contribution is -0.126. The highest BCUT2D eigenvalue weighted by Gasteiger charge is 2.28. The van der Waals surface area contributed by atoms with Gasteiger partial charge in [0.25, 0.3) is 5.91 Å². The highest BCUT2D eigenvalue weighted by atomic mass is 16.5. The SMILES string of the molecule is COCCOc1ccc(CNC(=O)C2CCN(C(=O)c3cc(OC)cc(OC)c3)CC2)cc1. The number of methoxy groups -OCH3 is 3. The zero-order chi connectivity index (χ0) is 23.6. The normalized spacial score (nSPS) is 14.0. The summed E-state index contributed by atoms with van der Waals surface area (Å²) in [6, 6.07) is 12.8. The van der Waals surface area contributed by atoms with Crippen molar-refractivity contribution in [1.82, 2.24) is 10.2 Å². The van der Waals surface area contributed by atoms with Gasteiger partial charge in [-0.2, -0.15) is 0 Å². The predicted molar refractivity (Wildman–Crippen MR) is 124 cm³/mol. The van der Waals surface area contributed by atoms with Crippen LogP contribution in [0.2, 0.25) is 0 Å². The first-order valence-electron chi connectivity index (χ1n) is 11.0. The van der Waals surface area contributed by atoms with Crippen LogP contribution in [0.5, 0.6) is 17.2 Å². The molecule has 33 heavy (non-hydrogen) atoms. The number of ether oxygens (including phenoxy) is 4. The average molecular weight is 457 g/mol. The summed E-state index contributed by atoms with van der Waals surface area (Å²) in [5.41, 5.74) is 1.52. The molecule has 2 aromatic rings. The van der Waals surface area contributed by atoms with Gasteiger partial charge < -0.3 is 29.2 Å². The van der Waals surface area contributed by atoms with Gasteiger partial charge >= 0.3 is 0 Å². The second kappa shape index (κ2) is 12.1. The lowest BCUT2D eigenvalue weighted by Gasteiger charge is -2.31. The molecule has 0 aliphatic carbocycles. The smallest absolute Gasteiger partial charge is 0.254 e. The molecule has 0 aromatic heterocycles. The first-order chi connectivity index (χ1) is 16.0. The summed E-state index contributed by atoms with van der Waals surface area (Å²) in [5.74, 6) is 1.74. The van der Waals surface area contributed by atoms with Crippen molar-refractivity contribution < 1.29 is 28.5 Å². The molecule has 0 atom stereocenters. The van der Waals surface area contributed by atoms with E-state index in [0.29, 0.717) is 62.8 Å². The minimum atomic E-state index is -0.106. The van der Waals surface area contributed by atoms with Gasteiger partial charge in [-0.3, -0.25) is 9.59 Å². The summed E-state index contributed by atoms with van der Waals surface area (Å²) in [6.45, 7) is 2.56. The topological polar surface area (TPSA) is 86.3 Å². The van der Waals surface area contributed by atoms with Gasteiger partial charge in [-0.1, -0.05) is 12.1 Å². The maximum Gasteiger partial charge on any atom is 0.254 e. The molecule has 1 N–H and O–H groups in total. The van der Waals surface area contributed by atoms with E-state index in [1.165, 1.54) is 0 Å². The van der Waals surface area contributed by atoms with Crippen molar-refractivity contribution in [3.05, 3.63) is 53.6 Å². The number of nitrogens with zero attached hydrogens (tertiary/aromatic N) is 1. The number of amides is 2. The maximum atomic E-state index is 12.9. The first kappa shape index (κ1) is 24.4. The van der Waals surface area contributed by atoms with E-state index in [9.17, 15) is 9.59 Å². The standard InChI is InChI=1S/C25H32N2O6/c1-30-12-13-33-21-6-4-18(5-7-21)17-26-24(28)19-8-10-27(11-9-19)25(29)20-14-22(31-2)16-23(15-20)32-3/h4-7,14-16,19H,8-13,17H2,1-3H3,(H,26,28). The molecule has 3 rings (SSSR count). The molecule has 1 fully saturated rings. The molecule has 8 nitrogen and oxygen atoms in total. The molecule has 0 bridgehead atoms. The Kier molecular flexibility index (Phi) is 8.95. The molecule has 0 radical (unpaired) electrons. The lowest BCUT2D eigenvalue weighted by Crippen LogP contribution is -2.42. The van der Waals surface area contributed by atoms with E-state index in [4.69, 9.17) is 18.9 Å². The Morgan fingerprint density at radius 2 is 1.55 bits per heavy atom. The van der Waals surface area contributed by atoms with E-state index < -0.39 is 0 Å². The number of likely N-dealkylation sites (tertiary alicyclic amines) is 1. The van der Waals surface area contributed by atoms with Crippen LogP contribution in [0.1, 0.15) is 28.8 Å². The van der Waals surface area contributed by atoms with Gasteiger partial charge in [-0.25, -0.2) is 0 Å². The van der Waals surface area contributed by atoms with Crippen molar-refractivity contribution in [1.29, 1.82) is 0 Å². The zero-order valence-electron chi connectivity index (χ0n) is 19.5. The Morgan fingerprint density at radius 1 is 0.909 bits per heavy atom. The monoisotopic (exact) mass is 456 g/mol. The number of carbonyl (C=O) groups is 2. The molecule has 8 heteroatoms. The molecule has 0 saturated carbocycles. The minimum absolute atomic E-state index is 0.0190. The number of hydrogen-bond donors (Lipinski definition) is 1. The largest absolute Gasteiger partial charge is 0.497 e. The maximum absolute atomic E-state index is 12.9. The molecule has 2 aromatic carbocycles. The summed E-state index contributed by atoms with van der Waals surface area (Å²) in [6.07, 6.45) is 1.26. The highest BCUT2D eigenvalue weighted by Crippen LogP contribution is 2.25. The third-order valence-corrected chi connectivity index (χ3v) is 5.70. The summed E-state index contributed by atoms with van der Waals surface area (Å²) >= 11 is 0. The van der Waals surface area contributed by atoms with Crippen molar-refractivity contribution >= 4 is 11.8 Å². The summed E-state index contributed by atoms with van der Waals surface area (Å²) in [7, 11) is 4.74. The fraction of sp³-hybridized carbons (Fsp3) is 0.440. The predicted octanol–water partition coefficient (Wildman–Crippen LogP) is 2.90. The van der Waals surface area contributed by atoms with Crippen molar-refractivity contribution in [2.75, 3.05) is 47.6 Å². The third-order valence-electron chi connectivity index (χ3n) is 5.70. The van der Waals surface area contributed by atoms with Crippen LogP contribution in [0.25, 0.3) is 0 Å². The number of nitrogens with one attached hydrogen (secondary N) is 1. The van der Waals surface area contributed by atoms with Gasteiger partial charge in [-0.15, -0.1) is 0 Å². The Balaban J connectivity index is 1.46. The van der Waals surface area contributed by atoms with Crippen LogP contribution in [0.3, 0.4) is 0 Å². The molecule has 1 saturated heterocycles. The molecule has 178 valence electrons. The molecular formula is C25H32N2O6. The Hall–Kier alpha value is -3.26. The number of hydrogen-bond acceptors (Lipinski definition) is 6. The molecule has 1 aliphatic rings. The number of benzene rings is 2. The van der Waals surface area contributed by atoms with Gasteiger partial charge in [0.15, 0.2) is 0 Å². The van der Waals surface area contributed by atoms with Gasteiger partial charge in [0.2, 0.25) is 5.91 Å². The zero-order valence-corrected chi connectivity index (χ0v) is 19.5. The third kappa shape index (κ3) is 6.86. The molecule has 1 aliphatic heterocycles. The van der Waals surface area contributed by atoms with Crippen molar-refractivity contribution in [3.63, 3.8) is 0 Å². The molecule has 0 spiro atoms. The fourth-order valence-corrected chi connectivity index (χ4v) is 3.74. The lowest BCUT2D eigenvalue weighted by atomic mass is 9.95.